The maximum atomic E-state index is 12.3. The highest BCUT2D eigenvalue weighted by Crippen LogP contribution is 2.30. The van der Waals surface area contributed by atoms with E-state index >= 15 is 0 Å². The Balaban J connectivity index is 1.79. The first-order valence-electron chi connectivity index (χ1n) is 6.87. The van der Waals surface area contributed by atoms with Gasteiger partial charge in [-0.1, -0.05) is 11.6 Å². The van der Waals surface area contributed by atoms with E-state index in [0.717, 1.165) is 31.5 Å². The third-order valence-corrected chi connectivity index (χ3v) is 4.61. The van der Waals surface area contributed by atoms with Crippen molar-refractivity contribution in [3.8, 4) is 0 Å². The molecule has 5 nitrogen and oxygen atoms in total. The Hall–Kier alpha value is -1.66. The fourth-order valence-corrected chi connectivity index (χ4v) is 3.52. The number of aryl methyl sites for hydroxylation is 2. The molecule has 0 atom stereocenters. The van der Waals surface area contributed by atoms with Crippen molar-refractivity contribution in [1.29, 1.82) is 0 Å². The molecule has 0 fully saturated rings. The van der Waals surface area contributed by atoms with Gasteiger partial charge in [0, 0.05) is 11.4 Å². The van der Waals surface area contributed by atoms with Crippen molar-refractivity contribution in [3.63, 3.8) is 0 Å². The van der Waals surface area contributed by atoms with Crippen molar-refractivity contribution >= 4 is 39.8 Å². The Labute approximate surface area is 131 Å². The van der Waals surface area contributed by atoms with Gasteiger partial charge in [-0.25, -0.2) is 9.97 Å². The number of halogens is 1. The van der Waals surface area contributed by atoms with Crippen LogP contribution in [0.4, 0.5) is 10.9 Å². The van der Waals surface area contributed by atoms with Gasteiger partial charge < -0.3 is 5.32 Å². The molecule has 3 rings (SSSR count). The SMILES string of the molecule is CCNc1ccc(Cl)c(C(=O)Nc2nc3c(s2)CCC3)n1. The Bertz CT molecular complexity index is 664. The quantitative estimate of drug-likeness (QED) is 0.905. The molecule has 0 aliphatic heterocycles. The van der Waals surface area contributed by atoms with Crippen LogP contribution in [0.25, 0.3) is 0 Å². The van der Waals surface area contributed by atoms with Crippen LogP contribution in [0, 0.1) is 0 Å². The van der Waals surface area contributed by atoms with Gasteiger partial charge in [0.1, 0.15) is 11.5 Å². The van der Waals surface area contributed by atoms with Crippen LogP contribution < -0.4 is 10.6 Å². The minimum absolute atomic E-state index is 0.213. The summed E-state index contributed by atoms with van der Waals surface area (Å²) in [5.74, 6) is 0.306. The third kappa shape index (κ3) is 3.01. The van der Waals surface area contributed by atoms with E-state index < -0.39 is 0 Å². The monoisotopic (exact) mass is 322 g/mol. The number of hydrogen-bond acceptors (Lipinski definition) is 5. The zero-order valence-electron chi connectivity index (χ0n) is 11.6. The summed E-state index contributed by atoms with van der Waals surface area (Å²) in [7, 11) is 0. The first-order chi connectivity index (χ1) is 10.2. The molecule has 0 saturated heterocycles. The van der Waals surface area contributed by atoms with Gasteiger partial charge in [-0.15, -0.1) is 11.3 Å². The fraction of sp³-hybridized carbons (Fsp3) is 0.357. The summed E-state index contributed by atoms with van der Waals surface area (Å²) in [5.41, 5.74) is 1.32. The number of nitrogens with zero attached hydrogens (tertiary/aromatic N) is 2. The van der Waals surface area contributed by atoms with Crippen LogP contribution in [0.5, 0.6) is 0 Å². The van der Waals surface area contributed by atoms with Gasteiger partial charge in [-0.2, -0.15) is 0 Å². The summed E-state index contributed by atoms with van der Waals surface area (Å²) in [5, 5.41) is 6.81. The molecule has 7 heteroatoms. The molecule has 110 valence electrons. The predicted molar refractivity (Wildman–Crippen MR) is 85.5 cm³/mol. The highest BCUT2D eigenvalue weighted by atomic mass is 35.5. The van der Waals surface area contributed by atoms with Gasteiger partial charge in [0.2, 0.25) is 0 Å². The lowest BCUT2D eigenvalue weighted by Crippen LogP contribution is -2.15. The first-order valence-corrected chi connectivity index (χ1v) is 8.07. The number of carbonyl (C=O) groups is 1. The normalized spacial score (nSPS) is 13.0. The van der Waals surface area contributed by atoms with Crippen molar-refractivity contribution in [2.75, 3.05) is 17.2 Å². The predicted octanol–water partition coefficient (Wildman–Crippen LogP) is 3.36. The van der Waals surface area contributed by atoms with E-state index in [1.807, 2.05) is 6.92 Å². The average molecular weight is 323 g/mol. The number of hydrogen-bond donors (Lipinski definition) is 2. The van der Waals surface area contributed by atoms with Crippen LogP contribution in [0.15, 0.2) is 12.1 Å². The molecule has 21 heavy (non-hydrogen) atoms. The van der Waals surface area contributed by atoms with Crippen LogP contribution >= 0.6 is 22.9 Å². The second kappa shape index (κ2) is 5.99. The number of nitrogens with one attached hydrogen (secondary N) is 2. The molecular weight excluding hydrogens is 308 g/mol. The van der Waals surface area contributed by atoms with Crippen LogP contribution in [-0.2, 0) is 12.8 Å². The van der Waals surface area contributed by atoms with Gasteiger partial charge in [-0.3, -0.25) is 10.1 Å². The average Bonchev–Trinajstić information content (AvgIpc) is 3.02. The highest BCUT2D eigenvalue weighted by molar-refractivity contribution is 7.16. The summed E-state index contributed by atoms with van der Waals surface area (Å²) >= 11 is 7.60. The van der Waals surface area contributed by atoms with Gasteiger partial charge in [-0.05, 0) is 38.3 Å². The molecule has 0 bridgehead atoms. The Morgan fingerprint density at radius 3 is 3.00 bits per heavy atom. The second-order valence-electron chi connectivity index (χ2n) is 4.75. The topological polar surface area (TPSA) is 66.9 Å². The number of pyridine rings is 1. The van der Waals surface area contributed by atoms with Crippen molar-refractivity contribution < 1.29 is 4.79 Å². The molecule has 1 aliphatic carbocycles. The summed E-state index contributed by atoms with van der Waals surface area (Å²) in [4.78, 5) is 22.3. The molecule has 2 aromatic rings. The van der Waals surface area contributed by atoms with Gasteiger partial charge in [0.05, 0.1) is 10.7 Å². The second-order valence-corrected chi connectivity index (χ2v) is 6.24. The molecule has 0 saturated carbocycles. The molecule has 0 radical (unpaired) electrons. The van der Waals surface area contributed by atoms with Crippen LogP contribution in [0.3, 0.4) is 0 Å². The summed E-state index contributed by atoms with van der Waals surface area (Å²) < 4.78 is 0. The Morgan fingerprint density at radius 2 is 2.24 bits per heavy atom. The van der Waals surface area contributed by atoms with Crippen LogP contribution in [-0.4, -0.2) is 22.4 Å². The molecular formula is C14H15ClN4OS. The minimum atomic E-state index is -0.327. The lowest BCUT2D eigenvalue weighted by molar-refractivity contribution is 0.102. The number of rotatable bonds is 4. The number of carbonyl (C=O) groups excluding carboxylic acids is 1. The lowest BCUT2D eigenvalue weighted by atomic mass is 10.3. The smallest absolute Gasteiger partial charge is 0.277 e. The Kier molecular flexibility index (Phi) is 4.07. The van der Waals surface area contributed by atoms with Gasteiger partial charge in [0.15, 0.2) is 5.13 Å². The molecule has 2 heterocycles. The molecule has 1 amide bonds. The van der Waals surface area contributed by atoms with Crippen molar-refractivity contribution in [2.24, 2.45) is 0 Å². The molecule has 1 aliphatic rings. The summed E-state index contributed by atoms with van der Waals surface area (Å²) in [6, 6.07) is 3.42. The third-order valence-electron chi connectivity index (χ3n) is 3.24. The number of amides is 1. The van der Waals surface area contributed by atoms with Gasteiger partial charge >= 0.3 is 0 Å². The van der Waals surface area contributed by atoms with Crippen molar-refractivity contribution in [3.05, 3.63) is 33.4 Å². The zero-order chi connectivity index (χ0) is 14.8. The fourth-order valence-electron chi connectivity index (χ4n) is 2.28. The first kappa shape index (κ1) is 14.3. The molecule has 0 spiro atoms. The molecule has 0 aromatic carbocycles. The Morgan fingerprint density at radius 1 is 1.38 bits per heavy atom. The standard InChI is InChI=1S/C14H15ClN4OS/c1-2-16-11-7-6-8(15)12(18-11)13(20)19-14-17-9-4-3-5-10(9)21-14/h6-7H,2-5H2,1H3,(H,16,18)(H,17,19,20). The van der Waals surface area contributed by atoms with Crippen molar-refractivity contribution in [1.82, 2.24) is 9.97 Å². The maximum absolute atomic E-state index is 12.3. The van der Waals surface area contributed by atoms with E-state index in [9.17, 15) is 4.79 Å². The van der Waals surface area contributed by atoms with E-state index in [4.69, 9.17) is 11.6 Å². The van der Waals surface area contributed by atoms with E-state index in [1.54, 1.807) is 12.1 Å². The lowest BCUT2D eigenvalue weighted by Gasteiger charge is -2.07. The van der Waals surface area contributed by atoms with Crippen molar-refractivity contribution in [2.45, 2.75) is 26.2 Å². The number of thiazole rings is 1. The van der Waals surface area contributed by atoms with Crippen LogP contribution in [0.2, 0.25) is 5.02 Å². The summed E-state index contributed by atoms with van der Waals surface area (Å²) in [6.07, 6.45) is 3.20. The largest absolute Gasteiger partial charge is 0.370 e. The maximum Gasteiger partial charge on any atom is 0.277 e. The van der Waals surface area contributed by atoms with E-state index in [-0.39, 0.29) is 11.6 Å². The molecule has 0 unspecified atom stereocenters. The minimum Gasteiger partial charge on any atom is -0.370 e. The molecule has 2 N–H and O–H groups in total. The summed E-state index contributed by atoms with van der Waals surface area (Å²) in [6.45, 7) is 2.70. The van der Waals surface area contributed by atoms with E-state index in [1.165, 1.54) is 16.2 Å². The number of fused-ring (bicyclic) bond motifs is 1. The number of anilines is 2. The van der Waals surface area contributed by atoms with Gasteiger partial charge in [0.25, 0.3) is 5.91 Å². The van der Waals surface area contributed by atoms with E-state index in [0.29, 0.717) is 16.0 Å². The molecule has 2 aromatic heterocycles. The van der Waals surface area contributed by atoms with Crippen LogP contribution in [0.1, 0.15) is 34.4 Å². The highest BCUT2D eigenvalue weighted by Gasteiger charge is 2.19. The number of aromatic nitrogens is 2. The zero-order valence-corrected chi connectivity index (χ0v) is 13.1. The van der Waals surface area contributed by atoms with E-state index in [2.05, 4.69) is 20.6 Å².